The second kappa shape index (κ2) is 10.0. The first-order valence-corrected chi connectivity index (χ1v) is 11.7. The van der Waals surface area contributed by atoms with Crippen LogP contribution in [0, 0.1) is 0 Å². The van der Waals surface area contributed by atoms with Crippen LogP contribution in [0.3, 0.4) is 0 Å². The molecule has 3 aromatic rings. The third kappa shape index (κ3) is 5.24. The Kier molecular flexibility index (Phi) is 7.32. The van der Waals surface area contributed by atoms with Crippen LogP contribution in [-0.2, 0) is 33.7 Å². The quantitative estimate of drug-likeness (QED) is 0.247. The highest BCUT2D eigenvalue weighted by molar-refractivity contribution is 7.89. The Labute approximate surface area is 194 Å². The molecular weight excluding hydrogens is 464 g/mol. The zero-order valence-corrected chi connectivity index (χ0v) is 19.4. The second-order valence-electron chi connectivity index (χ2n) is 7.56. The summed E-state index contributed by atoms with van der Waals surface area (Å²) < 4.78 is 34.0. The molecule has 1 heterocycles. The van der Waals surface area contributed by atoms with E-state index in [0.717, 1.165) is 19.9 Å². The number of Topliss-reactive ketones (excluding diaryl/α,β-unsaturated/α-hetero) is 1. The SMILES string of the molecule is Cn1c(N)c(C(=O)COC(=O)CCCNS(=O)(=O)c2ccc3ccccc3c2)c(=O)n(C)c1=O. The van der Waals surface area contributed by atoms with Crippen molar-refractivity contribution in [2.24, 2.45) is 14.1 Å². The zero-order valence-electron chi connectivity index (χ0n) is 18.6. The molecule has 0 spiro atoms. The predicted octanol–water partition coefficient (Wildman–Crippen LogP) is 0.304. The summed E-state index contributed by atoms with van der Waals surface area (Å²) in [5.41, 5.74) is 3.68. The molecule has 11 nitrogen and oxygen atoms in total. The lowest BCUT2D eigenvalue weighted by Gasteiger charge is -2.11. The van der Waals surface area contributed by atoms with E-state index in [9.17, 15) is 27.6 Å². The van der Waals surface area contributed by atoms with Gasteiger partial charge in [-0.25, -0.2) is 17.9 Å². The molecule has 0 atom stereocenters. The molecule has 3 N–H and O–H groups in total. The number of hydrogen-bond acceptors (Lipinski definition) is 8. The first-order chi connectivity index (χ1) is 16.0. The van der Waals surface area contributed by atoms with Crippen LogP contribution in [0.5, 0.6) is 0 Å². The number of carbonyl (C=O) groups excluding carboxylic acids is 2. The van der Waals surface area contributed by atoms with Crippen molar-refractivity contribution in [1.29, 1.82) is 0 Å². The number of sulfonamides is 1. The van der Waals surface area contributed by atoms with Crippen LogP contribution in [-0.4, -0.2) is 42.5 Å². The summed E-state index contributed by atoms with van der Waals surface area (Å²) in [6, 6.07) is 12.1. The van der Waals surface area contributed by atoms with Gasteiger partial charge in [0, 0.05) is 27.1 Å². The normalized spacial score (nSPS) is 11.5. The van der Waals surface area contributed by atoms with Crippen molar-refractivity contribution < 1.29 is 22.7 Å². The summed E-state index contributed by atoms with van der Waals surface area (Å²) in [5.74, 6) is -1.92. The third-order valence-electron chi connectivity index (χ3n) is 5.23. The molecule has 0 saturated heterocycles. The lowest BCUT2D eigenvalue weighted by Crippen LogP contribution is -2.42. The lowest BCUT2D eigenvalue weighted by atomic mass is 10.1. The number of aromatic nitrogens is 2. The first-order valence-electron chi connectivity index (χ1n) is 10.3. The van der Waals surface area contributed by atoms with Crippen molar-refractivity contribution in [2.45, 2.75) is 17.7 Å². The molecule has 12 heteroatoms. The number of esters is 1. The smallest absolute Gasteiger partial charge is 0.332 e. The van der Waals surface area contributed by atoms with Crippen LogP contribution in [0.25, 0.3) is 10.8 Å². The topological polar surface area (TPSA) is 160 Å². The third-order valence-corrected chi connectivity index (χ3v) is 6.69. The Balaban J connectivity index is 1.51. The van der Waals surface area contributed by atoms with Crippen molar-refractivity contribution in [2.75, 3.05) is 18.9 Å². The summed E-state index contributed by atoms with van der Waals surface area (Å²) in [7, 11) is -1.26. The molecular formula is C22H24N4O7S. The second-order valence-corrected chi connectivity index (χ2v) is 9.33. The van der Waals surface area contributed by atoms with Gasteiger partial charge in [0.25, 0.3) is 5.56 Å². The van der Waals surface area contributed by atoms with Gasteiger partial charge in [-0.15, -0.1) is 0 Å². The number of nitrogen functional groups attached to an aromatic ring is 1. The Hall–Kier alpha value is -3.77. The minimum Gasteiger partial charge on any atom is -0.457 e. The van der Waals surface area contributed by atoms with Gasteiger partial charge in [0.05, 0.1) is 4.90 Å². The van der Waals surface area contributed by atoms with Gasteiger partial charge in [0.1, 0.15) is 11.4 Å². The van der Waals surface area contributed by atoms with E-state index < -0.39 is 45.2 Å². The average molecular weight is 489 g/mol. The Bertz CT molecular complexity index is 1490. The Morgan fingerprint density at radius 2 is 1.71 bits per heavy atom. The highest BCUT2D eigenvalue weighted by Crippen LogP contribution is 2.18. The fraction of sp³-hybridized carbons (Fsp3) is 0.273. The van der Waals surface area contributed by atoms with Gasteiger partial charge < -0.3 is 10.5 Å². The van der Waals surface area contributed by atoms with E-state index in [1.165, 1.54) is 20.2 Å². The first kappa shape index (κ1) is 24.9. The van der Waals surface area contributed by atoms with Crippen molar-refractivity contribution in [3.63, 3.8) is 0 Å². The van der Waals surface area contributed by atoms with Gasteiger partial charge in [0.2, 0.25) is 15.8 Å². The number of benzene rings is 2. The van der Waals surface area contributed by atoms with Gasteiger partial charge in [-0.3, -0.25) is 23.5 Å². The van der Waals surface area contributed by atoms with Crippen LogP contribution in [0.2, 0.25) is 0 Å². The van der Waals surface area contributed by atoms with E-state index in [0.29, 0.717) is 0 Å². The fourth-order valence-electron chi connectivity index (χ4n) is 3.27. The Morgan fingerprint density at radius 1 is 1.03 bits per heavy atom. The minimum absolute atomic E-state index is 0.0213. The van der Waals surface area contributed by atoms with E-state index in [1.807, 2.05) is 24.3 Å². The van der Waals surface area contributed by atoms with E-state index in [1.54, 1.807) is 12.1 Å². The van der Waals surface area contributed by atoms with Crippen LogP contribution >= 0.6 is 0 Å². The van der Waals surface area contributed by atoms with E-state index in [4.69, 9.17) is 10.5 Å². The lowest BCUT2D eigenvalue weighted by molar-refractivity contribution is -0.142. The number of ether oxygens (including phenoxy) is 1. The summed E-state index contributed by atoms with van der Waals surface area (Å²) in [6.07, 6.45) is -0.0299. The van der Waals surface area contributed by atoms with Crippen molar-refractivity contribution >= 4 is 38.4 Å². The molecule has 3 rings (SSSR count). The monoisotopic (exact) mass is 488 g/mol. The van der Waals surface area contributed by atoms with Crippen molar-refractivity contribution in [3.8, 4) is 0 Å². The molecule has 0 amide bonds. The average Bonchev–Trinajstić information content (AvgIpc) is 2.82. The van der Waals surface area contributed by atoms with Crippen molar-refractivity contribution in [3.05, 3.63) is 68.9 Å². The van der Waals surface area contributed by atoms with Gasteiger partial charge >= 0.3 is 11.7 Å². The van der Waals surface area contributed by atoms with Gasteiger partial charge in [-0.2, -0.15) is 0 Å². The number of carbonyl (C=O) groups is 2. The van der Waals surface area contributed by atoms with Crippen LogP contribution in [0.15, 0.2) is 56.9 Å². The zero-order chi connectivity index (χ0) is 25.0. The van der Waals surface area contributed by atoms with Crippen LogP contribution in [0.1, 0.15) is 23.2 Å². The van der Waals surface area contributed by atoms with Crippen molar-refractivity contribution in [1.82, 2.24) is 13.9 Å². The molecule has 1 aromatic heterocycles. The summed E-state index contributed by atoms with van der Waals surface area (Å²) in [4.78, 5) is 48.4. The molecule has 0 aliphatic heterocycles. The molecule has 0 aliphatic carbocycles. The molecule has 0 saturated carbocycles. The number of nitrogens with two attached hydrogens (primary N) is 1. The highest BCUT2D eigenvalue weighted by Gasteiger charge is 2.21. The summed E-state index contributed by atoms with van der Waals surface area (Å²) >= 11 is 0. The molecule has 0 fully saturated rings. The maximum Gasteiger partial charge on any atom is 0.332 e. The van der Waals surface area contributed by atoms with Gasteiger partial charge in [-0.1, -0.05) is 30.3 Å². The molecule has 0 aliphatic rings. The van der Waals surface area contributed by atoms with Gasteiger partial charge in [-0.05, 0) is 29.3 Å². The number of ketones is 1. The van der Waals surface area contributed by atoms with E-state index in [2.05, 4.69) is 4.72 Å². The molecule has 34 heavy (non-hydrogen) atoms. The molecule has 0 bridgehead atoms. The van der Waals surface area contributed by atoms with E-state index >= 15 is 0 Å². The number of nitrogens with zero attached hydrogens (tertiary/aromatic N) is 2. The number of fused-ring (bicyclic) bond motifs is 1. The number of rotatable bonds is 9. The maximum absolute atomic E-state index is 12.5. The number of hydrogen-bond donors (Lipinski definition) is 2. The van der Waals surface area contributed by atoms with Gasteiger partial charge in [0.15, 0.2) is 6.61 Å². The molecule has 180 valence electrons. The van der Waals surface area contributed by atoms with Crippen LogP contribution in [0.4, 0.5) is 5.82 Å². The minimum atomic E-state index is -3.77. The molecule has 0 radical (unpaired) electrons. The standard InChI is InChI=1S/C22H24N4O7S/c1-25-20(23)19(21(29)26(2)22(25)30)17(27)13-33-18(28)8-5-11-24-34(31,32)16-10-9-14-6-3-4-7-15(14)12-16/h3-4,6-7,9-10,12,24H,5,8,11,13,23H2,1-2H3. The van der Waals surface area contributed by atoms with E-state index in [-0.39, 0.29) is 30.1 Å². The number of anilines is 1. The Morgan fingerprint density at radius 3 is 2.41 bits per heavy atom. The molecule has 0 unspecified atom stereocenters. The number of nitrogens with one attached hydrogen (secondary N) is 1. The highest BCUT2D eigenvalue weighted by atomic mass is 32.2. The van der Waals surface area contributed by atoms with Crippen LogP contribution < -0.4 is 21.7 Å². The maximum atomic E-state index is 12.5. The fourth-order valence-corrected chi connectivity index (χ4v) is 4.38. The largest absolute Gasteiger partial charge is 0.457 e. The summed E-state index contributed by atoms with van der Waals surface area (Å²) in [6.45, 7) is -0.758. The predicted molar refractivity (Wildman–Crippen MR) is 125 cm³/mol. The molecule has 2 aromatic carbocycles. The summed E-state index contributed by atoms with van der Waals surface area (Å²) in [5, 5.41) is 1.70.